The fraction of sp³-hybridized carbons (Fsp3) is 0.824. The van der Waals surface area contributed by atoms with Crippen LogP contribution in [0, 0.1) is 5.92 Å². The summed E-state index contributed by atoms with van der Waals surface area (Å²) in [6, 6.07) is -0.145. The van der Waals surface area contributed by atoms with Gasteiger partial charge in [-0.2, -0.15) is 0 Å². The van der Waals surface area contributed by atoms with Gasteiger partial charge in [0.25, 0.3) is 0 Å². The van der Waals surface area contributed by atoms with E-state index in [1.165, 1.54) is 32.1 Å². The SMILES string of the molecule is C[C@@H](C(=O)NCC1CCCCC1)N1CCO[C@H](c2nncn2C)C1. The number of aromatic nitrogens is 3. The van der Waals surface area contributed by atoms with E-state index in [0.717, 1.165) is 18.9 Å². The second-order valence-corrected chi connectivity index (χ2v) is 7.08. The Morgan fingerprint density at radius 1 is 1.42 bits per heavy atom. The van der Waals surface area contributed by atoms with E-state index in [2.05, 4.69) is 20.4 Å². The topological polar surface area (TPSA) is 72.3 Å². The second kappa shape index (κ2) is 8.07. The summed E-state index contributed by atoms with van der Waals surface area (Å²) >= 11 is 0. The fourth-order valence-electron chi connectivity index (χ4n) is 3.71. The number of carbonyl (C=O) groups is 1. The van der Waals surface area contributed by atoms with Crippen molar-refractivity contribution in [2.75, 3.05) is 26.2 Å². The summed E-state index contributed by atoms with van der Waals surface area (Å²) in [6.45, 7) is 4.85. The summed E-state index contributed by atoms with van der Waals surface area (Å²) in [5.41, 5.74) is 0. The van der Waals surface area contributed by atoms with Gasteiger partial charge in [0, 0.05) is 26.7 Å². The third-order valence-electron chi connectivity index (χ3n) is 5.35. The Balaban J connectivity index is 1.50. The van der Waals surface area contributed by atoms with Gasteiger partial charge in [0.05, 0.1) is 12.6 Å². The Hall–Kier alpha value is -1.47. The van der Waals surface area contributed by atoms with Crippen LogP contribution < -0.4 is 5.32 Å². The predicted molar refractivity (Wildman–Crippen MR) is 90.3 cm³/mol. The van der Waals surface area contributed by atoms with E-state index in [9.17, 15) is 4.79 Å². The van der Waals surface area contributed by atoms with Crippen molar-refractivity contribution >= 4 is 5.91 Å². The third-order valence-corrected chi connectivity index (χ3v) is 5.35. The van der Waals surface area contributed by atoms with Gasteiger partial charge in [-0.25, -0.2) is 0 Å². The van der Waals surface area contributed by atoms with Crippen LogP contribution in [0.15, 0.2) is 6.33 Å². The summed E-state index contributed by atoms with van der Waals surface area (Å²) in [4.78, 5) is 14.7. The smallest absolute Gasteiger partial charge is 0.237 e. The van der Waals surface area contributed by atoms with E-state index in [-0.39, 0.29) is 18.1 Å². The fourth-order valence-corrected chi connectivity index (χ4v) is 3.71. The Bertz CT molecular complexity index is 541. The van der Waals surface area contributed by atoms with Gasteiger partial charge in [0.15, 0.2) is 5.82 Å². The van der Waals surface area contributed by atoms with Crippen molar-refractivity contribution in [2.45, 2.75) is 51.2 Å². The van der Waals surface area contributed by atoms with E-state index in [1.807, 2.05) is 18.5 Å². The van der Waals surface area contributed by atoms with Crippen LogP contribution in [-0.4, -0.2) is 57.9 Å². The lowest BCUT2D eigenvalue weighted by Crippen LogP contribution is -2.51. The number of nitrogens with one attached hydrogen (secondary N) is 1. The molecular weight excluding hydrogens is 306 g/mol. The highest BCUT2D eigenvalue weighted by Crippen LogP contribution is 2.23. The van der Waals surface area contributed by atoms with Crippen molar-refractivity contribution in [3.63, 3.8) is 0 Å². The van der Waals surface area contributed by atoms with Crippen molar-refractivity contribution in [3.05, 3.63) is 12.2 Å². The van der Waals surface area contributed by atoms with Crippen LogP contribution in [0.5, 0.6) is 0 Å². The van der Waals surface area contributed by atoms with E-state index >= 15 is 0 Å². The number of hydrogen-bond donors (Lipinski definition) is 1. The molecule has 7 heteroatoms. The first-order valence-electron chi connectivity index (χ1n) is 9.12. The van der Waals surface area contributed by atoms with Crippen LogP contribution >= 0.6 is 0 Å². The number of hydrogen-bond acceptors (Lipinski definition) is 5. The molecule has 1 amide bonds. The molecule has 0 unspecified atom stereocenters. The van der Waals surface area contributed by atoms with Crippen LogP contribution in [0.2, 0.25) is 0 Å². The van der Waals surface area contributed by atoms with E-state index < -0.39 is 0 Å². The average molecular weight is 335 g/mol. The molecule has 1 saturated carbocycles. The lowest BCUT2D eigenvalue weighted by molar-refractivity contribution is -0.129. The number of amides is 1. The molecule has 2 aliphatic rings. The molecule has 24 heavy (non-hydrogen) atoms. The quantitative estimate of drug-likeness (QED) is 0.877. The molecular formula is C17H29N5O2. The molecule has 7 nitrogen and oxygen atoms in total. The normalized spacial score (nSPS) is 24.7. The molecule has 0 spiro atoms. The van der Waals surface area contributed by atoms with Gasteiger partial charge >= 0.3 is 0 Å². The van der Waals surface area contributed by atoms with Gasteiger partial charge in [-0.1, -0.05) is 19.3 Å². The molecule has 134 valence electrons. The molecule has 0 aromatic carbocycles. The van der Waals surface area contributed by atoms with Gasteiger partial charge < -0.3 is 14.6 Å². The minimum absolute atomic E-state index is 0.124. The molecule has 2 atom stereocenters. The summed E-state index contributed by atoms with van der Waals surface area (Å²) in [5, 5.41) is 11.2. The van der Waals surface area contributed by atoms with Crippen LogP contribution in [0.3, 0.4) is 0 Å². The number of aryl methyl sites for hydroxylation is 1. The van der Waals surface area contributed by atoms with Crippen LogP contribution in [0.4, 0.5) is 0 Å². The van der Waals surface area contributed by atoms with E-state index in [4.69, 9.17) is 4.74 Å². The van der Waals surface area contributed by atoms with Crippen molar-refractivity contribution in [3.8, 4) is 0 Å². The predicted octanol–water partition coefficient (Wildman–Crippen LogP) is 1.27. The largest absolute Gasteiger partial charge is 0.368 e. The van der Waals surface area contributed by atoms with Gasteiger partial charge in [-0.15, -0.1) is 10.2 Å². The summed E-state index contributed by atoms with van der Waals surface area (Å²) in [6.07, 6.45) is 8.01. The molecule has 1 aliphatic heterocycles. The molecule has 1 aromatic rings. The molecule has 0 radical (unpaired) electrons. The molecule has 2 fully saturated rings. The maximum Gasteiger partial charge on any atom is 0.237 e. The highest BCUT2D eigenvalue weighted by molar-refractivity contribution is 5.81. The maximum absolute atomic E-state index is 12.5. The summed E-state index contributed by atoms with van der Waals surface area (Å²) < 4.78 is 7.70. The number of carbonyl (C=O) groups excluding carboxylic acids is 1. The van der Waals surface area contributed by atoms with E-state index in [1.54, 1.807) is 6.33 Å². The van der Waals surface area contributed by atoms with Crippen molar-refractivity contribution < 1.29 is 9.53 Å². The van der Waals surface area contributed by atoms with Crippen LogP contribution in [0.25, 0.3) is 0 Å². The highest BCUT2D eigenvalue weighted by atomic mass is 16.5. The zero-order valence-electron chi connectivity index (χ0n) is 14.8. The lowest BCUT2D eigenvalue weighted by atomic mass is 9.89. The zero-order valence-corrected chi connectivity index (χ0v) is 14.8. The second-order valence-electron chi connectivity index (χ2n) is 7.08. The number of morpholine rings is 1. The van der Waals surface area contributed by atoms with Gasteiger partial charge in [-0.3, -0.25) is 9.69 Å². The third kappa shape index (κ3) is 4.13. The summed E-state index contributed by atoms with van der Waals surface area (Å²) in [7, 11) is 1.91. The Labute approximate surface area is 143 Å². The molecule has 1 aliphatic carbocycles. The maximum atomic E-state index is 12.5. The molecule has 1 aromatic heterocycles. The Morgan fingerprint density at radius 3 is 2.92 bits per heavy atom. The van der Waals surface area contributed by atoms with Gasteiger partial charge in [-0.05, 0) is 25.7 Å². The minimum Gasteiger partial charge on any atom is -0.368 e. The van der Waals surface area contributed by atoms with Crippen LogP contribution in [-0.2, 0) is 16.6 Å². The monoisotopic (exact) mass is 335 g/mol. The van der Waals surface area contributed by atoms with Crippen LogP contribution in [0.1, 0.15) is 51.0 Å². The van der Waals surface area contributed by atoms with E-state index in [0.29, 0.717) is 19.1 Å². The first kappa shape index (κ1) is 17.4. The molecule has 1 N–H and O–H groups in total. The average Bonchev–Trinajstić information content (AvgIpc) is 3.06. The minimum atomic E-state index is -0.145. The first-order chi connectivity index (χ1) is 11.6. The zero-order chi connectivity index (χ0) is 16.9. The standard InChI is InChI=1S/C17H29N5O2/c1-13(17(23)18-10-14-6-4-3-5-7-14)22-8-9-24-15(11-22)16-20-19-12-21(16)2/h12-15H,3-11H2,1-2H3,(H,18,23)/t13-,15-/m0/s1. The molecule has 0 bridgehead atoms. The Kier molecular flexibility index (Phi) is 5.84. The molecule has 2 heterocycles. The van der Waals surface area contributed by atoms with Crippen molar-refractivity contribution in [1.29, 1.82) is 0 Å². The summed E-state index contributed by atoms with van der Waals surface area (Å²) in [5.74, 6) is 1.60. The van der Waals surface area contributed by atoms with Gasteiger partial charge in [0.1, 0.15) is 12.4 Å². The highest BCUT2D eigenvalue weighted by Gasteiger charge is 2.31. The van der Waals surface area contributed by atoms with Crippen molar-refractivity contribution in [1.82, 2.24) is 25.0 Å². The molecule has 3 rings (SSSR count). The number of ether oxygens (including phenoxy) is 1. The lowest BCUT2D eigenvalue weighted by Gasteiger charge is -2.35. The number of rotatable bonds is 5. The van der Waals surface area contributed by atoms with Gasteiger partial charge in [0.2, 0.25) is 5.91 Å². The molecule has 1 saturated heterocycles. The first-order valence-corrected chi connectivity index (χ1v) is 9.12. The number of nitrogens with zero attached hydrogens (tertiary/aromatic N) is 4. The van der Waals surface area contributed by atoms with Crippen molar-refractivity contribution in [2.24, 2.45) is 13.0 Å². The Morgan fingerprint density at radius 2 is 2.21 bits per heavy atom.